The van der Waals surface area contributed by atoms with Crippen molar-refractivity contribution >= 4 is 23.4 Å². The van der Waals surface area contributed by atoms with E-state index in [2.05, 4.69) is 10.6 Å². The number of likely N-dealkylation sites (tertiary alicyclic amines) is 1. The van der Waals surface area contributed by atoms with Crippen molar-refractivity contribution < 1.29 is 14.4 Å². The van der Waals surface area contributed by atoms with Crippen molar-refractivity contribution in [1.29, 1.82) is 0 Å². The van der Waals surface area contributed by atoms with Crippen molar-refractivity contribution in [2.75, 3.05) is 18.4 Å². The van der Waals surface area contributed by atoms with Gasteiger partial charge in [-0.05, 0) is 42.7 Å². The Morgan fingerprint density at radius 2 is 1.55 bits per heavy atom. The lowest BCUT2D eigenvalue weighted by atomic mass is 9.95. The summed E-state index contributed by atoms with van der Waals surface area (Å²) < 4.78 is 0. The van der Waals surface area contributed by atoms with Crippen LogP contribution in [0, 0.1) is 11.3 Å². The molecule has 0 unspecified atom stereocenters. The zero-order valence-corrected chi connectivity index (χ0v) is 18.5. The second kappa shape index (κ2) is 9.77. The van der Waals surface area contributed by atoms with E-state index in [0.717, 1.165) is 5.56 Å². The number of hydrogen-bond donors (Lipinski definition) is 2. The van der Waals surface area contributed by atoms with E-state index in [4.69, 9.17) is 0 Å². The average molecular weight is 422 g/mol. The van der Waals surface area contributed by atoms with E-state index in [9.17, 15) is 14.4 Å². The van der Waals surface area contributed by atoms with Gasteiger partial charge >= 0.3 is 0 Å². The molecule has 1 heterocycles. The lowest BCUT2D eigenvalue weighted by molar-refractivity contribution is -0.126. The molecule has 2 aromatic rings. The summed E-state index contributed by atoms with van der Waals surface area (Å²) in [5.74, 6) is -0.131. The molecule has 0 atom stereocenters. The first-order chi connectivity index (χ1) is 14.7. The van der Waals surface area contributed by atoms with Crippen LogP contribution >= 0.6 is 0 Å². The molecule has 1 aliphatic heterocycles. The smallest absolute Gasteiger partial charge is 0.253 e. The molecule has 1 saturated heterocycles. The molecule has 0 aliphatic carbocycles. The van der Waals surface area contributed by atoms with Crippen LogP contribution in [0.3, 0.4) is 0 Å². The van der Waals surface area contributed by atoms with E-state index in [-0.39, 0.29) is 23.6 Å². The third kappa shape index (κ3) is 6.17. The predicted octanol–water partition coefficient (Wildman–Crippen LogP) is 3.84. The largest absolute Gasteiger partial charge is 0.352 e. The summed E-state index contributed by atoms with van der Waals surface area (Å²) in [6.45, 7) is 7.20. The Morgan fingerprint density at radius 3 is 2.13 bits per heavy atom. The normalized spacial score (nSPS) is 14.7. The maximum absolute atomic E-state index is 12.8. The minimum Gasteiger partial charge on any atom is -0.352 e. The Kier molecular flexibility index (Phi) is 7.10. The Labute approximate surface area is 184 Å². The van der Waals surface area contributed by atoms with Gasteiger partial charge in [0.1, 0.15) is 0 Å². The van der Waals surface area contributed by atoms with E-state index >= 15 is 0 Å². The van der Waals surface area contributed by atoms with Gasteiger partial charge in [-0.3, -0.25) is 14.4 Å². The van der Waals surface area contributed by atoms with E-state index in [1.807, 2.05) is 51.1 Å². The Morgan fingerprint density at radius 1 is 0.935 bits per heavy atom. The van der Waals surface area contributed by atoms with Gasteiger partial charge in [0.25, 0.3) is 5.91 Å². The van der Waals surface area contributed by atoms with Crippen LogP contribution in [0.1, 0.15) is 49.5 Å². The van der Waals surface area contributed by atoms with E-state index in [1.165, 1.54) is 0 Å². The van der Waals surface area contributed by atoms with Gasteiger partial charge in [0.15, 0.2) is 0 Å². The van der Waals surface area contributed by atoms with Gasteiger partial charge in [-0.2, -0.15) is 0 Å². The predicted molar refractivity (Wildman–Crippen MR) is 121 cm³/mol. The molecule has 6 heteroatoms. The number of amides is 3. The molecule has 2 N–H and O–H groups in total. The van der Waals surface area contributed by atoms with Gasteiger partial charge in [-0.15, -0.1) is 0 Å². The first-order valence-electron chi connectivity index (χ1n) is 10.8. The fourth-order valence-corrected chi connectivity index (χ4v) is 3.47. The summed E-state index contributed by atoms with van der Waals surface area (Å²) in [5, 5.41) is 5.86. The van der Waals surface area contributed by atoms with Gasteiger partial charge in [0, 0.05) is 42.2 Å². The number of anilines is 1. The topological polar surface area (TPSA) is 78.5 Å². The van der Waals surface area contributed by atoms with Crippen LogP contribution in [0.4, 0.5) is 5.69 Å². The van der Waals surface area contributed by atoms with Gasteiger partial charge in [-0.25, -0.2) is 0 Å². The van der Waals surface area contributed by atoms with E-state index < -0.39 is 5.41 Å². The lowest BCUT2D eigenvalue weighted by Gasteiger charge is -2.31. The summed E-state index contributed by atoms with van der Waals surface area (Å²) in [5.41, 5.74) is 1.85. The Balaban J connectivity index is 1.48. The van der Waals surface area contributed by atoms with Crippen LogP contribution in [0.25, 0.3) is 0 Å². The van der Waals surface area contributed by atoms with Crippen molar-refractivity contribution in [2.24, 2.45) is 11.3 Å². The van der Waals surface area contributed by atoms with Crippen molar-refractivity contribution in [3.8, 4) is 0 Å². The van der Waals surface area contributed by atoms with Gasteiger partial charge in [0.05, 0.1) is 0 Å². The van der Waals surface area contributed by atoms with E-state index in [0.29, 0.717) is 43.7 Å². The number of nitrogens with one attached hydrogen (secondary N) is 2. The quantitative estimate of drug-likeness (QED) is 0.770. The Bertz CT molecular complexity index is 909. The van der Waals surface area contributed by atoms with Crippen LogP contribution in [-0.2, 0) is 16.1 Å². The Hall–Kier alpha value is -3.15. The third-order valence-corrected chi connectivity index (χ3v) is 5.53. The molecule has 0 saturated carbocycles. The third-order valence-electron chi connectivity index (χ3n) is 5.53. The number of carbonyl (C=O) groups excluding carboxylic acids is 3. The average Bonchev–Trinajstić information content (AvgIpc) is 2.77. The molecule has 0 bridgehead atoms. The summed E-state index contributed by atoms with van der Waals surface area (Å²) in [6, 6.07) is 16.8. The number of benzene rings is 2. The molecule has 1 fully saturated rings. The number of carbonyl (C=O) groups is 3. The molecule has 3 rings (SSSR count). The molecular weight excluding hydrogens is 390 g/mol. The molecule has 2 aromatic carbocycles. The highest BCUT2D eigenvalue weighted by Crippen LogP contribution is 2.21. The number of nitrogens with zero attached hydrogens (tertiary/aromatic N) is 1. The van der Waals surface area contributed by atoms with Crippen LogP contribution < -0.4 is 10.6 Å². The second-order valence-corrected chi connectivity index (χ2v) is 9.05. The summed E-state index contributed by atoms with van der Waals surface area (Å²) in [7, 11) is 0. The highest BCUT2D eigenvalue weighted by molar-refractivity contribution is 5.97. The molecule has 31 heavy (non-hydrogen) atoms. The first-order valence-corrected chi connectivity index (χ1v) is 10.8. The monoisotopic (exact) mass is 421 g/mol. The molecule has 0 spiro atoms. The minimum absolute atomic E-state index is 0.0446. The summed E-state index contributed by atoms with van der Waals surface area (Å²) >= 11 is 0. The van der Waals surface area contributed by atoms with Crippen LogP contribution in [0.2, 0.25) is 0 Å². The maximum atomic E-state index is 12.8. The van der Waals surface area contributed by atoms with Crippen molar-refractivity contribution in [1.82, 2.24) is 10.2 Å². The van der Waals surface area contributed by atoms with Crippen molar-refractivity contribution in [2.45, 2.75) is 40.2 Å². The number of piperidine rings is 1. The summed E-state index contributed by atoms with van der Waals surface area (Å²) in [4.78, 5) is 39.2. The van der Waals surface area contributed by atoms with Crippen molar-refractivity contribution in [3.63, 3.8) is 0 Å². The second-order valence-electron chi connectivity index (χ2n) is 9.05. The molecule has 3 amide bonds. The fraction of sp³-hybridized carbons (Fsp3) is 0.400. The van der Waals surface area contributed by atoms with Gasteiger partial charge in [-0.1, -0.05) is 51.1 Å². The minimum atomic E-state index is -0.480. The fourth-order valence-electron chi connectivity index (χ4n) is 3.47. The van der Waals surface area contributed by atoms with Crippen LogP contribution in [0.5, 0.6) is 0 Å². The number of hydrogen-bond acceptors (Lipinski definition) is 3. The standard InChI is InChI=1S/C25H31N3O3/c1-25(2,3)24(31)27-21-11-9-20(10-12-21)23(30)28-15-13-19(14-16-28)22(29)26-17-18-7-5-4-6-8-18/h4-12,19H,13-17H2,1-3H3,(H,26,29)(H,27,31). The first kappa shape index (κ1) is 22.5. The molecule has 1 aliphatic rings. The zero-order chi connectivity index (χ0) is 22.4. The highest BCUT2D eigenvalue weighted by Gasteiger charge is 2.28. The SMILES string of the molecule is CC(C)(C)C(=O)Nc1ccc(C(=O)N2CCC(C(=O)NCc3ccccc3)CC2)cc1. The maximum Gasteiger partial charge on any atom is 0.253 e. The van der Waals surface area contributed by atoms with Crippen molar-refractivity contribution in [3.05, 3.63) is 65.7 Å². The molecule has 164 valence electrons. The van der Waals surface area contributed by atoms with Crippen LogP contribution in [-0.4, -0.2) is 35.7 Å². The van der Waals surface area contributed by atoms with E-state index in [1.54, 1.807) is 29.2 Å². The zero-order valence-electron chi connectivity index (χ0n) is 18.5. The molecule has 0 radical (unpaired) electrons. The summed E-state index contributed by atoms with van der Waals surface area (Å²) in [6.07, 6.45) is 1.32. The van der Waals surface area contributed by atoms with Gasteiger partial charge in [0.2, 0.25) is 11.8 Å². The van der Waals surface area contributed by atoms with Crippen LogP contribution in [0.15, 0.2) is 54.6 Å². The lowest BCUT2D eigenvalue weighted by Crippen LogP contribution is -2.42. The number of rotatable bonds is 5. The molecular formula is C25H31N3O3. The highest BCUT2D eigenvalue weighted by atomic mass is 16.2. The molecule has 6 nitrogen and oxygen atoms in total. The van der Waals surface area contributed by atoms with Gasteiger partial charge < -0.3 is 15.5 Å². The molecule has 0 aromatic heterocycles.